The third-order valence-electron chi connectivity index (χ3n) is 3.39. The summed E-state index contributed by atoms with van der Waals surface area (Å²) in [7, 11) is 0. The molecule has 0 saturated heterocycles. The van der Waals surface area contributed by atoms with Gasteiger partial charge in [-0.05, 0) is 54.5 Å². The number of hydrogen-bond acceptors (Lipinski definition) is 2. The van der Waals surface area contributed by atoms with Crippen LogP contribution in [0.15, 0.2) is 16.7 Å². The van der Waals surface area contributed by atoms with Crippen molar-refractivity contribution in [2.45, 2.75) is 40.2 Å². The van der Waals surface area contributed by atoms with Crippen LogP contribution in [0.2, 0.25) is 0 Å². The minimum Gasteiger partial charge on any atom is -0.351 e. The molecule has 0 saturated carbocycles. The zero-order valence-electron chi connectivity index (χ0n) is 12.8. The number of carbonyl (C=O) groups is 1. The van der Waals surface area contributed by atoms with Gasteiger partial charge < -0.3 is 14.8 Å². The summed E-state index contributed by atoms with van der Waals surface area (Å²) in [5.74, 6) is 0.0173. The summed E-state index contributed by atoms with van der Waals surface area (Å²) >= 11 is 3.43. The van der Waals surface area contributed by atoms with E-state index in [2.05, 4.69) is 46.9 Å². The maximum Gasteiger partial charge on any atom is 0.267 e. The van der Waals surface area contributed by atoms with E-state index in [0.29, 0.717) is 0 Å². The van der Waals surface area contributed by atoms with Crippen LogP contribution in [-0.2, 0) is 6.54 Å². The van der Waals surface area contributed by atoms with Crippen molar-refractivity contribution in [3.05, 3.63) is 22.4 Å². The summed E-state index contributed by atoms with van der Waals surface area (Å²) in [5.41, 5.74) is 0.738. The van der Waals surface area contributed by atoms with Crippen LogP contribution in [0.25, 0.3) is 0 Å². The van der Waals surface area contributed by atoms with Gasteiger partial charge in [0.05, 0.1) is 0 Å². The van der Waals surface area contributed by atoms with Gasteiger partial charge in [0.1, 0.15) is 5.69 Å². The number of nitrogens with one attached hydrogen (secondary N) is 1. The van der Waals surface area contributed by atoms with Gasteiger partial charge in [-0.1, -0.05) is 20.8 Å². The van der Waals surface area contributed by atoms with Crippen LogP contribution >= 0.6 is 15.9 Å². The highest BCUT2D eigenvalue weighted by Gasteiger charge is 2.12. The van der Waals surface area contributed by atoms with Gasteiger partial charge in [-0.3, -0.25) is 4.79 Å². The van der Waals surface area contributed by atoms with E-state index < -0.39 is 0 Å². The fraction of sp³-hybridized carbons (Fsp3) is 0.667. The fourth-order valence-electron chi connectivity index (χ4n) is 2.23. The first-order chi connectivity index (χ1) is 9.62. The average molecular weight is 344 g/mol. The quantitative estimate of drug-likeness (QED) is 0.699. The molecule has 1 rings (SSSR count). The standard InChI is InChI=1S/C15H26BrN3O/c1-4-9-19-12-13(16)11-14(19)15(20)17-8-7-10-18(5-2)6-3/h11-12H,4-10H2,1-3H3,(H,17,20). The van der Waals surface area contributed by atoms with E-state index in [-0.39, 0.29) is 5.91 Å². The molecule has 1 aromatic heterocycles. The predicted octanol–water partition coefficient (Wildman–Crippen LogP) is 3.12. The minimum atomic E-state index is 0.0173. The summed E-state index contributed by atoms with van der Waals surface area (Å²) in [6.45, 7) is 11.2. The molecule has 5 heteroatoms. The molecule has 0 bridgehead atoms. The monoisotopic (exact) mass is 343 g/mol. The van der Waals surface area contributed by atoms with Gasteiger partial charge in [0.2, 0.25) is 0 Å². The molecule has 0 aliphatic heterocycles. The number of halogens is 1. The number of hydrogen-bond donors (Lipinski definition) is 1. The highest BCUT2D eigenvalue weighted by Crippen LogP contribution is 2.15. The maximum atomic E-state index is 12.2. The highest BCUT2D eigenvalue weighted by atomic mass is 79.9. The van der Waals surface area contributed by atoms with E-state index in [1.807, 2.05) is 16.8 Å². The Morgan fingerprint density at radius 2 is 2.05 bits per heavy atom. The topological polar surface area (TPSA) is 37.3 Å². The van der Waals surface area contributed by atoms with Crippen molar-refractivity contribution in [3.8, 4) is 0 Å². The van der Waals surface area contributed by atoms with Crippen molar-refractivity contribution >= 4 is 21.8 Å². The molecule has 1 amide bonds. The second-order valence-corrected chi connectivity index (χ2v) is 5.79. The zero-order chi connectivity index (χ0) is 15.0. The van der Waals surface area contributed by atoms with Gasteiger partial charge in [0.15, 0.2) is 0 Å². The molecule has 1 N–H and O–H groups in total. The van der Waals surface area contributed by atoms with Crippen molar-refractivity contribution in [3.63, 3.8) is 0 Å². The summed E-state index contributed by atoms with van der Waals surface area (Å²) in [5, 5.41) is 3.01. The molecular formula is C15H26BrN3O. The van der Waals surface area contributed by atoms with Gasteiger partial charge in [0.25, 0.3) is 5.91 Å². The maximum absolute atomic E-state index is 12.2. The normalized spacial score (nSPS) is 11.1. The largest absolute Gasteiger partial charge is 0.351 e. The lowest BCUT2D eigenvalue weighted by molar-refractivity contribution is 0.0942. The molecule has 0 aromatic carbocycles. The number of rotatable bonds is 9. The van der Waals surface area contributed by atoms with Gasteiger partial charge >= 0.3 is 0 Å². The molecule has 0 fully saturated rings. The van der Waals surface area contributed by atoms with E-state index in [9.17, 15) is 4.79 Å². The summed E-state index contributed by atoms with van der Waals surface area (Å²) in [6.07, 6.45) is 3.97. The summed E-state index contributed by atoms with van der Waals surface area (Å²) < 4.78 is 2.96. The molecule has 0 aliphatic carbocycles. The van der Waals surface area contributed by atoms with Gasteiger partial charge in [-0.25, -0.2) is 0 Å². The molecule has 0 radical (unpaired) electrons. The first-order valence-corrected chi connectivity index (χ1v) is 8.27. The smallest absolute Gasteiger partial charge is 0.267 e. The lowest BCUT2D eigenvalue weighted by atomic mass is 10.3. The molecule has 0 unspecified atom stereocenters. The Morgan fingerprint density at radius 1 is 1.35 bits per heavy atom. The van der Waals surface area contributed by atoms with E-state index in [1.54, 1.807) is 0 Å². The fourth-order valence-corrected chi connectivity index (χ4v) is 2.69. The van der Waals surface area contributed by atoms with Gasteiger partial charge in [-0.2, -0.15) is 0 Å². The van der Waals surface area contributed by atoms with Crippen molar-refractivity contribution in [2.75, 3.05) is 26.2 Å². The Bertz CT molecular complexity index is 413. The number of amides is 1. The summed E-state index contributed by atoms with van der Waals surface area (Å²) in [4.78, 5) is 14.5. The van der Waals surface area contributed by atoms with Crippen LogP contribution in [-0.4, -0.2) is 41.6 Å². The lowest BCUT2D eigenvalue weighted by Crippen LogP contribution is -2.30. The molecule has 0 spiro atoms. The van der Waals surface area contributed by atoms with Crippen molar-refractivity contribution in [1.82, 2.24) is 14.8 Å². The number of aromatic nitrogens is 1. The van der Waals surface area contributed by atoms with Crippen LogP contribution < -0.4 is 5.32 Å². The Morgan fingerprint density at radius 3 is 2.65 bits per heavy atom. The second kappa shape index (κ2) is 9.19. The SMILES string of the molecule is CCCn1cc(Br)cc1C(=O)NCCCN(CC)CC. The van der Waals surface area contributed by atoms with Crippen LogP contribution in [0.1, 0.15) is 44.1 Å². The predicted molar refractivity (Wildman–Crippen MR) is 87.2 cm³/mol. The second-order valence-electron chi connectivity index (χ2n) is 4.87. The van der Waals surface area contributed by atoms with Gasteiger partial charge in [-0.15, -0.1) is 0 Å². The zero-order valence-corrected chi connectivity index (χ0v) is 14.4. The molecule has 1 aromatic rings. The molecule has 4 nitrogen and oxygen atoms in total. The van der Waals surface area contributed by atoms with Crippen molar-refractivity contribution in [2.24, 2.45) is 0 Å². The van der Waals surface area contributed by atoms with E-state index in [0.717, 1.165) is 55.7 Å². The Hall–Kier alpha value is -0.810. The van der Waals surface area contributed by atoms with Gasteiger partial charge in [0, 0.05) is 23.8 Å². The van der Waals surface area contributed by atoms with Crippen LogP contribution in [0.4, 0.5) is 0 Å². The Balaban J connectivity index is 2.43. The number of carbonyl (C=O) groups excluding carboxylic acids is 1. The lowest BCUT2D eigenvalue weighted by Gasteiger charge is -2.17. The van der Waals surface area contributed by atoms with Crippen LogP contribution in [0.3, 0.4) is 0 Å². The first-order valence-electron chi connectivity index (χ1n) is 7.48. The van der Waals surface area contributed by atoms with Crippen LogP contribution in [0, 0.1) is 0 Å². The highest BCUT2D eigenvalue weighted by molar-refractivity contribution is 9.10. The van der Waals surface area contributed by atoms with Crippen molar-refractivity contribution < 1.29 is 4.79 Å². The molecule has 0 atom stereocenters. The van der Waals surface area contributed by atoms with Crippen LogP contribution in [0.5, 0.6) is 0 Å². The third-order valence-corrected chi connectivity index (χ3v) is 3.83. The summed E-state index contributed by atoms with van der Waals surface area (Å²) in [6, 6.07) is 1.88. The Kier molecular flexibility index (Phi) is 7.92. The van der Waals surface area contributed by atoms with Crippen molar-refractivity contribution in [1.29, 1.82) is 0 Å². The van der Waals surface area contributed by atoms with E-state index in [4.69, 9.17) is 0 Å². The number of nitrogens with zero attached hydrogens (tertiary/aromatic N) is 2. The average Bonchev–Trinajstić information content (AvgIpc) is 2.80. The Labute approximate surface area is 130 Å². The molecule has 20 heavy (non-hydrogen) atoms. The van der Waals surface area contributed by atoms with E-state index in [1.165, 1.54) is 0 Å². The molecule has 114 valence electrons. The molecule has 1 heterocycles. The van der Waals surface area contributed by atoms with E-state index >= 15 is 0 Å². The number of aryl methyl sites for hydroxylation is 1. The molecule has 0 aliphatic rings. The third kappa shape index (κ3) is 5.29. The minimum absolute atomic E-state index is 0.0173. The molecular weight excluding hydrogens is 318 g/mol. The first kappa shape index (κ1) is 17.2.